The molecular formula is C11H20N2O. The number of piperidine rings is 1. The van der Waals surface area contributed by atoms with Crippen molar-refractivity contribution in [2.75, 3.05) is 26.7 Å². The van der Waals surface area contributed by atoms with Gasteiger partial charge >= 0.3 is 0 Å². The Bertz CT molecular complexity index is 217. The summed E-state index contributed by atoms with van der Waals surface area (Å²) in [5.41, 5.74) is 1.20. The Morgan fingerprint density at radius 2 is 2.07 bits per heavy atom. The van der Waals surface area contributed by atoms with Crippen LogP contribution in [0.25, 0.3) is 0 Å². The van der Waals surface area contributed by atoms with Crippen molar-refractivity contribution in [3.05, 3.63) is 12.2 Å². The second kappa shape index (κ2) is 5.15. The molecule has 0 aliphatic carbocycles. The molecule has 3 heteroatoms. The number of carbonyl (C=O) groups excluding carboxylic acids is 1. The van der Waals surface area contributed by atoms with Gasteiger partial charge in [-0.05, 0) is 32.9 Å². The largest absolute Gasteiger partial charge is 0.359 e. The van der Waals surface area contributed by atoms with E-state index in [1.54, 1.807) is 7.05 Å². The van der Waals surface area contributed by atoms with Crippen LogP contribution in [0.4, 0.5) is 0 Å². The van der Waals surface area contributed by atoms with Gasteiger partial charge in [0.15, 0.2) is 0 Å². The molecule has 0 aromatic heterocycles. The smallest absolute Gasteiger partial charge is 0.222 e. The fraction of sp³-hybridized carbons (Fsp3) is 0.727. The maximum absolute atomic E-state index is 11.3. The second-order valence-corrected chi connectivity index (χ2v) is 4.12. The third kappa shape index (κ3) is 3.14. The number of nitrogens with zero attached hydrogens (tertiary/aromatic N) is 1. The van der Waals surface area contributed by atoms with E-state index in [-0.39, 0.29) is 11.8 Å². The average molecular weight is 196 g/mol. The molecule has 0 aromatic rings. The zero-order chi connectivity index (χ0) is 10.6. The summed E-state index contributed by atoms with van der Waals surface area (Å²) in [5.74, 6) is 0.418. The van der Waals surface area contributed by atoms with E-state index < -0.39 is 0 Å². The summed E-state index contributed by atoms with van der Waals surface area (Å²) in [6.07, 6.45) is 1.96. The molecule has 1 aliphatic rings. The Morgan fingerprint density at radius 3 is 2.50 bits per heavy atom. The molecule has 0 radical (unpaired) electrons. The van der Waals surface area contributed by atoms with Gasteiger partial charge in [0.1, 0.15) is 0 Å². The summed E-state index contributed by atoms with van der Waals surface area (Å²) in [7, 11) is 1.71. The minimum atomic E-state index is 0.194. The highest BCUT2D eigenvalue weighted by Crippen LogP contribution is 2.17. The summed E-state index contributed by atoms with van der Waals surface area (Å²) in [4.78, 5) is 13.7. The molecule has 0 saturated carbocycles. The van der Waals surface area contributed by atoms with Crippen LogP contribution in [-0.4, -0.2) is 37.5 Å². The highest BCUT2D eigenvalue weighted by atomic mass is 16.1. The van der Waals surface area contributed by atoms with Crippen molar-refractivity contribution in [3.8, 4) is 0 Å². The van der Waals surface area contributed by atoms with Crippen LogP contribution in [0.15, 0.2) is 12.2 Å². The minimum Gasteiger partial charge on any atom is -0.359 e. The molecule has 1 N–H and O–H groups in total. The number of carbonyl (C=O) groups is 1. The summed E-state index contributed by atoms with van der Waals surface area (Å²) < 4.78 is 0. The molecular weight excluding hydrogens is 176 g/mol. The van der Waals surface area contributed by atoms with E-state index in [1.807, 2.05) is 6.92 Å². The topological polar surface area (TPSA) is 32.3 Å². The number of nitrogens with one attached hydrogen (secondary N) is 1. The number of hydrogen-bond donors (Lipinski definition) is 1. The molecule has 0 spiro atoms. The SMILES string of the molecule is C=C(C)CN1CCC(C(=O)NC)CC1. The van der Waals surface area contributed by atoms with Crippen LogP contribution in [0.2, 0.25) is 0 Å². The van der Waals surface area contributed by atoms with Gasteiger partial charge in [-0.15, -0.1) is 0 Å². The molecule has 0 unspecified atom stereocenters. The first-order chi connectivity index (χ1) is 6.63. The van der Waals surface area contributed by atoms with Crippen LogP contribution in [0.3, 0.4) is 0 Å². The maximum Gasteiger partial charge on any atom is 0.222 e. The van der Waals surface area contributed by atoms with Gasteiger partial charge in [0, 0.05) is 19.5 Å². The molecule has 14 heavy (non-hydrogen) atoms. The molecule has 1 aliphatic heterocycles. The van der Waals surface area contributed by atoms with Gasteiger partial charge in [0.25, 0.3) is 0 Å². The first-order valence-corrected chi connectivity index (χ1v) is 5.22. The standard InChI is InChI=1S/C11H20N2O/c1-9(2)8-13-6-4-10(5-7-13)11(14)12-3/h10H,1,4-8H2,2-3H3,(H,12,14). The van der Waals surface area contributed by atoms with Gasteiger partial charge in [0.2, 0.25) is 5.91 Å². The van der Waals surface area contributed by atoms with Gasteiger partial charge in [-0.1, -0.05) is 12.2 Å². The lowest BCUT2D eigenvalue weighted by molar-refractivity contribution is -0.125. The second-order valence-electron chi connectivity index (χ2n) is 4.12. The Balaban J connectivity index is 2.31. The third-order valence-electron chi connectivity index (χ3n) is 2.70. The molecule has 0 atom stereocenters. The van der Waals surface area contributed by atoms with E-state index >= 15 is 0 Å². The summed E-state index contributed by atoms with van der Waals surface area (Å²) in [6, 6.07) is 0. The molecule has 1 rings (SSSR count). The average Bonchev–Trinajstić information content (AvgIpc) is 2.17. The number of hydrogen-bond acceptors (Lipinski definition) is 2. The fourth-order valence-electron chi connectivity index (χ4n) is 1.94. The number of rotatable bonds is 3. The van der Waals surface area contributed by atoms with Gasteiger partial charge < -0.3 is 5.32 Å². The van der Waals surface area contributed by atoms with Crippen molar-refractivity contribution in [1.82, 2.24) is 10.2 Å². The van der Waals surface area contributed by atoms with Crippen LogP contribution in [0.5, 0.6) is 0 Å². The van der Waals surface area contributed by atoms with E-state index in [9.17, 15) is 4.79 Å². The molecule has 0 bridgehead atoms. The Labute approximate surface area is 86.2 Å². The zero-order valence-electron chi connectivity index (χ0n) is 9.18. The molecule has 1 amide bonds. The lowest BCUT2D eigenvalue weighted by atomic mass is 9.96. The van der Waals surface area contributed by atoms with E-state index in [2.05, 4.69) is 16.8 Å². The molecule has 1 fully saturated rings. The van der Waals surface area contributed by atoms with Gasteiger partial charge in [-0.3, -0.25) is 9.69 Å². The molecule has 80 valence electrons. The van der Waals surface area contributed by atoms with Crippen molar-refractivity contribution in [2.45, 2.75) is 19.8 Å². The molecule has 3 nitrogen and oxygen atoms in total. The van der Waals surface area contributed by atoms with E-state index in [4.69, 9.17) is 0 Å². The highest BCUT2D eigenvalue weighted by molar-refractivity contribution is 5.78. The van der Waals surface area contributed by atoms with E-state index in [0.29, 0.717) is 0 Å². The van der Waals surface area contributed by atoms with Crippen molar-refractivity contribution in [1.29, 1.82) is 0 Å². The number of likely N-dealkylation sites (tertiary alicyclic amines) is 1. The normalized spacial score (nSPS) is 19.3. The van der Waals surface area contributed by atoms with Crippen LogP contribution in [0, 0.1) is 5.92 Å². The van der Waals surface area contributed by atoms with Crippen molar-refractivity contribution >= 4 is 5.91 Å². The van der Waals surface area contributed by atoms with Crippen LogP contribution in [-0.2, 0) is 4.79 Å². The first-order valence-electron chi connectivity index (χ1n) is 5.22. The molecule has 1 heterocycles. The number of amides is 1. The Kier molecular flexibility index (Phi) is 4.14. The van der Waals surface area contributed by atoms with Crippen LogP contribution >= 0.6 is 0 Å². The van der Waals surface area contributed by atoms with Crippen molar-refractivity contribution in [2.24, 2.45) is 5.92 Å². The maximum atomic E-state index is 11.3. The molecule has 1 saturated heterocycles. The van der Waals surface area contributed by atoms with E-state index in [1.165, 1.54) is 5.57 Å². The predicted molar refractivity (Wildman–Crippen MR) is 58.0 cm³/mol. The first kappa shape index (κ1) is 11.2. The van der Waals surface area contributed by atoms with Crippen LogP contribution < -0.4 is 5.32 Å². The van der Waals surface area contributed by atoms with E-state index in [0.717, 1.165) is 32.5 Å². The lowest BCUT2D eigenvalue weighted by Gasteiger charge is -2.30. The summed E-state index contributed by atoms with van der Waals surface area (Å²) in [6.45, 7) is 8.96. The fourth-order valence-corrected chi connectivity index (χ4v) is 1.94. The van der Waals surface area contributed by atoms with Crippen LogP contribution in [0.1, 0.15) is 19.8 Å². The predicted octanol–water partition coefficient (Wildman–Crippen LogP) is 1.02. The Hall–Kier alpha value is -0.830. The quantitative estimate of drug-likeness (QED) is 0.684. The lowest BCUT2D eigenvalue weighted by Crippen LogP contribution is -2.40. The minimum absolute atomic E-state index is 0.194. The van der Waals surface area contributed by atoms with Gasteiger partial charge in [-0.2, -0.15) is 0 Å². The Morgan fingerprint density at radius 1 is 1.50 bits per heavy atom. The van der Waals surface area contributed by atoms with Crippen molar-refractivity contribution in [3.63, 3.8) is 0 Å². The summed E-state index contributed by atoms with van der Waals surface area (Å²) in [5, 5.41) is 2.72. The molecule has 0 aromatic carbocycles. The van der Waals surface area contributed by atoms with Gasteiger partial charge in [-0.25, -0.2) is 0 Å². The summed E-state index contributed by atoms with van der Waals surface area (Å²) >= 11 is 0. The van der Waals surface area contributed by atoms with Gasteiger partial charge in [0.05, 0.1) is 0 Å². The van der Waals surface area contributed by atoms with Crippen molar-refractivity contribution < 1.29 is 4.79 Å². The highest BCUT2D eigenvalue weighted by Gasteiger charge is 2.23. The zero-order valence-corrected chi connectivity index (χ0v) is 9.18. The third-order valence-corrected chi connectivity index (χ3v) is 2.70. The monoisotopic (exact) mass is 196 g/mol.